The zero-order valence-corrected chi connectivity index (χ0v) is 19.4. The van der Waals surface area contributed by atoms with Crippen molar-refractivity contribution in [2.24, 2.45) is 0 Å². The van der Waals surface area contributed by atoms with Crippen LogP contribution in [0.4, 0.5) is 0 Å². The molecule has 2 aromatic heterocycles. The first-order valence-corrected chi connectivity index (χ1v) is 11.5. The molecular formula is C28H25N5O2. The summed E-state index contributed by atoms with van der Waals surface area (Å²) in [7, 11) is 0. The number of para-hydroxylation sites is 1. The Bertz CT molecular complexity index is 1540. The van der Waals surface area contributed by atoms with Crippen molar-refractivity contribution in [3.8, 4) is 11.1 Å². The maximum Gasteiger partial charge on any atom is 0.261 e. The van der Waals surface area contributed by atoms with Gasteiger partial charge in [0.1, 0.15) is 12.4 Å². The van der Waals surface area contributed by atoms with E-state index in [2.05, 4.69) is 39.7 Å². The first-order valence-electron chi connectivity index (χ1n) is 11.5. The summed E-state index contributed by atoms with van der Waals surface area (Å²) in [5.41, 5.74) is 4.72. The summed E-state index contributed by atoms with van der Waals surface area (Å²) in [5, 5.41) is 7.72. The van der Waals surface area contributed by atoms with Crippen LogP contribution in [0.25, 0.3) is 22.0 Å². The van der Waals surface area contributed by atoms with Crippen molar-refractivity contribution >= 4 is 16.8 Å². The molecule has 0 saturated heterocycles. The second-order valence-corrected chi connectivity index (χ2v) is 8.40. The topological polar surface area (TPSA) is 81.8 Å². The fourth-order valence-electron chi connectivity index (χ4n) is 4.19. The Morgan fingerprint density at radius 2 is 1.71 bits per heavy atom. The van der Waals surface area contributed by atoms with Crippen LogP contribution >= 0.6 is 0 Å². The van der Waals surface area contributed by atoms with Gasteiger partial charge in [-0.2, -0.15) is 5.10 Å². The number of hydrogen-bond donors (Lipinski definition) is 1. The molecule has 0 aliphatic rings. The lowest BCUT2D eigenvalue weighted by molar-refractivity contribution is -0.121. The standard InChI is InChI=1S/C28H25N5O2/c1-20-31-26-10-5-4-9-25(26)28(35)33(20)19-27(34)29-17-23-7-2-3-8-24(23)22-13-11-21(12-14-22)18-32-16-6-15-30-32/h2-16H,17-19H2,1H3,(H,29,34). The van der Waals surface area contributed by atoms with E-state index in [1.54, 1.807) is 31.3 Å². The van der Waals surface area contributed by atoms with Crippen molar-refractivity contribution in [2.45, 2.75) is 26.6 Å². The number of nitrogens with one attached hydrogen (secondary N) is 1. The number of aromatic nitrogens is 4. The zero-order valence-electron chi connectivity index (χ0n) is 19.4. The minimum atomic E-state index is -0.239. The maximum absolute atomic E-state index is 12.9. The van der Waals surface area contributed by atoms with Crippen molar-refractivity contribution in [3.63, 3.8) is 0 Å². The van der Waals surface area contributed by atoms with Gasteiger partial charge in [0.2, 0.25) is 5.91 Å². The molecule has 2 heterocycles. The van der Waals surface area contributed by atoms with E-state index < -0.39 is 0 Å². The number of amides is 1. The highest BCUT2D eigenvalue weighted by Crippen LogP contribution is 2.24. The van der Waals surface area contributed by atoms with Crippen LogP contribution in [0.15, 0.2) is 96.1 Å². The number of hydrogen-bond acceptors (Lipinski definition) is 4. The first-order chi connectivity index (χ1) is 17.1. The lowest BCUT2D eigenvalue weighted by Crippen LogP contribution is -2.33. The first kappa shape index (κ1) is 22.3. The molecule has 5 rings (SSSR count). The maximum atomic E-state index is 12.9. The quantitative estimate of drug-likeness (QED) is 0.397. The third kappa shape index (κ3) is 4.89. The van der Waals surface area contributed by atoms with Gasteiger partial charge < -0.3 is 5.32 Å². The Balaban J connectivity index is 1.29. The van der Waals surface area contributed by atoms with E-state index >= 15 is 0 Å². The highest BCUT2D eigenvalue weighted by atomic mass is 16.2. The molecule has 7 nitrogen and oxygen atoms in total. The number of rotatable bonds is 7. The van der Waals surface area contributed by atoms with Crippen LogP contribution in [-0.2, 0) is 24.4 Å². The summed E-state index contributed by atoms with van der Waals surface area (Å²) in [4.78, 5) is 30.1. The number of fused-ring (bicyclic) bond motifs is 1. The van der Waals surface area contributed by atoms with Gasteiger partial charge in [-0.15, -0.1) is 0 Å². The highest BCUT2D eigenvalue weighted by Gasteiger charge is 2.12. The smallest absolute Gasteiger partial charge is 0.261 e. The molecule has 0 fully saturated rings. The van der Waals surface area contributed by atoms with E-state index in [1.807, 2.05) is 47.3 Å². The second kappa shape index (κ2) is 9.77. The van der Waals surface area contributed by atoms with Gasteiger partial charge in [-0.3, -0.25) is 18.8 Å². The van der Waals surface area contributed by atoms with Crippen LogP contribution in [0, 0.1) is 6.92 Å². The summed E-state index contributed by atoms with van der Waals surface area (Å²) < 4.78 is 3.30. The Hall–Kier alpha value is -4.52. The normalized spacial score (nSPS) is 11.0. The van der Waals surface area contributed by atoms with Gasteiger partial charge in [-0.25, -0.2) is 4.98 Å². The van der Waals surface area contributed by atoms with Crippen LogP contribution in [0.5, 0.6) is 0 Å². The van der Waals surface area contributed by atoms with Crippen LogP contribution < -0.4 is 10.9 Å². The summed E-state index contributed by atoms with van der Waals surface area (Å²) in [6.07, 6.45) is 3.71. The van der Waals surface area contributed by atoms with Gasteiger partial charge in [-0.1, -0.05) is 60.7 Å². The number of carbonyl (C=O) groups is 1. The fourth-order valence-corrected chi connectivity index (χ4v) is 4.19. The van der Waals surface area contributed by atoms with Gasteiger partial charge in [0.25, 0.3) is 5.56 Å². The summed E-state index contributed by atoms with van der Waals surface area (Å²) in [6, 6.07) is 25.4. The zero-order chi connectivity index (χ0) is 24.2. The lowest BCUT2D eigenvalue weighted by atomic mass is 9.98. The molecule has 0 saturated carbocycles. The number of carbonyl (C=O) groups excluding carboxylic acids is 1. The van der Waals surface area contributed by atoms with Gasteiger partial charge in [0, 0.05) is 18.9 Å². The minimum Gasteiger partial charge on any atom is -0.350 e. The molecule has 0 aliphatic heterocycles. The van der Waals surface area contributed by atoms with E-state index in [-0.39, 0.29) is 18.0 Å². The summed E-state index contributed by atoms with van der Waals surface area (Å²) >= 11 is 0. The molecule has 1 amide bonds. The van der Waals surface area contributed by atoms with Crippen molar-refractivity contribution in [1.29, 1.82) is 0 Å². The van der Waals surface area contributed by atoms with Crippen LogP contribution in [0.1, 0.15) is 17.0 Å². The summed E-state index contributed by atoms with van der Waals surface area (Å²) in [6.45, 7) is 2.74. The second-order valence-electron chi connectivity index (χ2n) is 8.40. The average molecular weight is 464 g/mol. The molecule has 35 heavy (non-hydrogen) atoms. The van der Waals surface area contributed by atoms with E-state index in [1.165, 1.54) is 4.57 Å². The third-order valence-electron chi connectivity index (χ3n) is 6.02. The molecule has 5 aromatic rings. The Morgan fingerprint density at radius 3 is 2.51 bits per heavy atom. The fraction of sp³-hybridized carbons (Fsp3) is 0.143. The highest BCUT2D eigenvalue weighted by molar-refractivity contribution is 5.79. The Morgan fingerprint density at radius 1 is 0.943 bits per heavy atom. The monoisotopic (exact) mass is 463 g/mol. The molecule has 0 radical (unpaired) electrons. The van der Waals surface area contributed by atoms with E-state index in [0.717, 1.165) is 22.3 Å². The molecule has 0 unspecified atom stereocenters. The molecule has 0 atom stereocenters. The van der Waals surface area contributed by atoms with Crippen molar-refractivity contribution in [3.05, 3.63) is 119 Å². The van der Waals surface area contributed by atoms with E-state index in [4.69, 9.17) is 0 Å². The Labute approximate surface area is 202 Å². The number of aryl methyl sites for hydroxylation is 1. The van der Waals surface area contributed by atoms with E-state index in [9.17, 15) is 9.59 Å². The van der Waals surface area contributed by atoms with Crippen LogP contribution in [0.3, 0.4) is 0 Å². The van der Waals surface area contributed by atoms with E-state index in [0.29, 0.717) is 29.8 Å². The minimum absolute atomic E-state index is 0.0766. The lowest BCUT2D eigenvalue weighted by Gasteiger charge is -2.13. The molecule has 3 aromatic carbocycles. The molecular weight excluding hydrogens is 438 g/mol. The molecule has 174 valence electrons. The molecule has 7 heteroatoms. The predicted octanol–water partition coefficient (Wildman–Crippen LogP) is 3.93. The van der Waals surface area contributed by atoms with Crippen LogP contribution in [-0.4, -0.2) is 25.2 Å². The molecule has 0 spiro atoms. The van der Waals surface area contributed by atoms with Crippen molar-refractivity contribution < 1.29 is 4.79 Å². The van der Waals surface area contributed by atoms with Crippen LogP contribution in [0.2, 0.25) is 0 Å². The molecule has 0 bridgehead atoms. The largest absolute Gasteiger partial charge is 0.350 e. The Kier molecular flexibility index (Phi) is 6.22. The molecule has 1 N–H and O–H groups in total. The van der Waals surface area contributed by atoms with Gasteiger partial charge in [0.15, 0.2) is 0 Å². The molecule has 0 aliphatic carbocycles. The number of benzene rings is 3. The average Bonchev–Trinajstić information content (AvgIpc) is 3.39. The SMILES string of the molecule is Cc1nc2ccccc2c(=O)n1CC(=O)NCc1ccccc1-c1ccc(Cn2cccn2)cc1. The summed E-state index contributed by atoms with van der Waals surface area (Å²) in [5.74, 6) is 0.274. The van der Waals surface area contributed by atoms with Gasteiger partial charge in [0.05, 0.1) is 17.4 Å². The van der Waals surface area contributed by atoms with Gasteiger partial charge >= 0.3 is 0 Å². The van der Waals surface area contributed by atoms with Crippen molar-refractivity contribution in [1.82, 2.24) is 24.6 Å². The predicted molar refractivity (Wildman–Crippen MR) is 136 cm³/mol. The van der Waals surface area contributed by atoms with Gasteiger partial charge in [-0.05, 0) is 47.4 Å². The third-order valence-corrected chi connectivity index (χ3v) is 6.02. The van der Waals surface area contributed by atoms with Crippen molar-refractivity contribution in [2.75, 3.05) is 0 Å². The number of nitrogens with zero attached hydrogens (tertiary/aromatic N) is 4.